The molecule has 3 rings (SSSR count). The van der Waals surface area contributed by atoms with Crippen LogP contribution in [-0.4, -0.2) is 19.3 Å². The zero-order chi connectivity index (χ0) is 18.9. The maximum Gasteiger partial charge on any atom is 0.295 e. The summed E-state index contributed by atoms with van der Waals surface area (Å²) in [5, 5.41) is 2.85. The van der Waals surface area contributed by atoms with E-state index in [4.69, 9.17) is 4.42 Å². The maximum atomic E-state index is 12.6. The molecule has 3 aromatic rings. The average molecular weight is 391 g/mol. The van der Waals surface area contributed by atoms with Gasteiger partial charge in [-0.25, -0.2) is 4.98 Å². The van der Waals surface area contributed by atoms with E-state index in [0.717, 1.165) is 5.56 Å². The molecule has 2 aromatic heterocycles. The summed E-state index contributed by atoms with van der Waals surface area (Å²) in [4.78, 5) is 16.0. The SMILES string of the molecule is CC(=O)Nc1nc(C)c(-c2ccc(S(=O)(=O)Nc3ccccc3C)o2)s1. The van der Waals surface area contributed by atoms with Crippen LogP contribution in [0.1, 0.15) is 18.2 Å². The summed E-state index contributed by atoms with van der Waals surface area (Å²) in [5.41, 5.74) is 1.94. The molecule has 0 bridgehead atoms. The van der Waals surface area contributed by atoms with Crippen molar-refractivity contribution in [3.63, 3.8) is 0 Å². The second-order valence-corrected chi connectivity index (χ2v) is 8.27. The fraction of sp³-hybridized carbons (Fsp3) is 0.176. The molecule has 0 radical (unpaired) electrons. The second kappa shape index (κ2) is 6.93. The quantitative estimate of drug-likeness (QED) is 0.689. The lowest BCUT2D eigenvalue weighted by molar-refractivity contribution is -0.114. The van der Waals surface area contributed by atoms with Gasteiger partial charge in [-0.2, -0.15) is 8.42 Å². The number of hydrogen-bond acceptors (Lipinski definition) is 6. The second-order valence-electron chi connectivity index (χ2n) is 5.65. The Kier molecular flexibility index (Phi) is 4.84. The van der Waals surface area contributed by atoms with E-state index < -0.39 is 10.0 Å². The fourth-order valence-electron chi connectivity index (χ4n) is 2.30. The van der Waals surface area contributed by atoms with Gasteiger partial charge in [0.1, 0.15) is 5.76 Å². The van der Waals surface area contributed by atoms with Gasteiger partial charge in [-0.05, 0) is 37.6 Å². The van der Waals surface area contributed by atoms with E-state index in [1.54, 1.807) is 25.1 Å². The van der Waals surface area contributed by atoms with E-state index in [1.807, 2.05) is 19.1 Å². The zero-order valence-electron chi connectivity index (χ0n) is 14.4. The Labute approximate surface area is 155 Å². The molecule has 0 aliphatic rings. The number of para-hydroxylation sites is 1. The number of sulfonamides is 1. The first-order chi connectivity index (χ1) is 12.3. The van der Waals surface area contributed by atoms with Gasteiger partial charge in [0.05, 0.1) is 16.3 Å². The zero-order valence-corrected chi connectivity index (χ0v) is 16.0. The number of aromatic nitrogens is 1. The van der Waals surface area contributed by atoms with Crippen LogP contribution < -0.4 is 10.0 Å². The van der Waals surface area contributed by atoms with E-state index in [9.17, 15) is 13.2 Å². The Bertz CT molecular complexity index is 1070. The average Bonchev–Trinajstić information content (AvgIpc) is 3.16. The molecule has 0 saturated heterocycles. The van der Waals surface area contributed by atoms with Crippen LogP contribution in [0.4, 0.5) is 10.8 Å². The Balaban J connectivity index is 1.89. The van der Waals surface area contributed by atoms with Crippen LogP contribution >= 0.6 is 11.3 Å². The summed E-state index contributed by atoms with van der Waals surface area (Å²) < 4.78 is 33.2. The van der Waals surface area contributed by atoms with Gasteiger partial charge in [0.2, 0.25) is 11.0 Å². The lowest BCUT2D eigenvalue weighted by Crippen LogP contribution is -2.12. The molecule has 26 heavy (non-hydrogen) atoms. The lowest BCUT2D eigenvalue weighted by Gasteiger charge is -2.08. The number of rotatable bonds is 5. The van der Waals surface area contributed by atoms with Gasteiger partial charge in [-0.15, -0.1) is 0 Å². The third-order valence-corrected chi connectivity index (χ3v) is 5.86. The van der Waals surface area contributed by atoms with Crippen molar-refractivity contribution in [3.8, 4) is 10.6 Å². The summed E-state index contributed by atoms with van der Waals surface area (Å²) in [6, 6.07) is 10.1. The molecular weight excluding hydrogens is 374 g/mol. The highest BCUT2D eigenvalue weighted by Crippen LogP contribution is 2.35. The van der Waals surface area contributed by atoms with Gasteiger partial charge < -0.3 is 9.73 Å². The normalized spacial score (nSPS) is 11.3. The van der Waals surface area contributed by atoms with Crippen molar-refractivity contribution >= 4 is 38.1 Å². The minimum Gasteiger partial charge on any atom is -0.442 e. The highest BCUT2D eigenvalue weighted by atomic mass is 32.2. The van der Waals surface area contributed by atoms with E-state index in [-0.39, 0.29) is 11.0 Å². The van der Waals surface area contributed by atoms with Crippen LogP contribution in [0.15, 0.2) is 45.9 Å². The number of amides is 1. The summed E-state index contributed by atoms with van der Waals surface area (Å²) in [5.74, 6) is 0.150. The first kappa shape index (κ1) is 18.2. The Morgan fingerprint density at radius 3 is 2.58 bits per heavy atom. The van der Waals surface area contributed by atoms with Gasteiger partial charge in [0, 0.05) is 6.92 Å². The topological polar surface area (TPSA) is 101 Å². The summed E-state index contributed by atoms with van der Waals surface area (Å²) in [7, 11) is -3.85. The van der Waals surface area contributed by atoms with E-state index in [2.05, 4.69) is 15.0 Å². The maximum absolute atomic E-state index is 12.6. The largest absolute Gasteiger partial charge is 0.442 e. The van der Waals surface area contributed by atoms with Crippen molar-refractivity contribution in [2.45, 2.75) is 25.9 Å². The number of nitrogens with zero attached hydrogens (tertiary/aromatic N) is 1. The van der Waals surface area contributed by atoms with Crippen LogP contribution in [0.3, 0.4) is 0 Å². The Hall–Kier alpha value is -2.65. The molecule has 0 atom stereocenters. The number of hydrogen-bond donors (Lipinski definition) is 2. The highest BCUT2D eigenvalue weighted by molar-refractivity contribution is 7.92. The molecule has 0 aliphatic heterocycles. The minimum absolute atomic E-state index is 0.190. The number of thiazole rings is 1. The van der Waals surface area contributed by atoms with Gasteiger partial charge in [-0.1, -0.05) is 29.5 Å². The standard InChI is InChI=1S/C17H17N3O4S2/c1-10-6-4-5-7-13(10)20-26(22,23)15-9-8-14(24-15)16-11(2)18-17(25-16)19-12(3)21/h4-9,20H,1-3H3,(H,18,19,21). The van der Waals surface area contributed by atoms with E-state index in [0.29, 0.717) is 27.2 Å². The molecular formula is C17H17N3O4S2. The van der Waals surface area contributed by atoms with Crippen LogP contribution in [-0.2, 0) is 14.8 Å². The molecule has 2 heterocycles. The third kappa shape index (κ3) is 3.78. The van der Waals surface area contributed by atoms with Crippen molar-refractivity contribution in [1.29, 1.82) is 0 Å². The Morgan fingerprint density at radius 1 is 1.15 bits per heavy atom. The number of anilines is 2. The van der Waals surface area contributed by atoms with Crippen molar-refractivity contribution in [2.24, 2.45) is 0 Å². The highest BCUT2D eigenvalue weighted by Gasteiger charge is 2.22. The number of nitrogens with one attached hydrogen (secondary N) is 2. The first-order valence-electron chi connectivity index (χ1n) is 7.70. The number of carbonyl (C=O) groups is 1. The van der Waals surface area contributed by atoms with Crippen LogP contribution in [0.2, 0.25) is 0 Å². The van der Waals surface area contributed by atoms with Gasteiger partial charge in [-0.3, -0.25) is 9.52 Å². The van der Waals surface area contributed by atoms with Gasteiger partial charge >= 0.3 is 0 Å². The predicted molar refractivity (Wildman–Crippen MR) is 101 cm³/mol. The van der Waals surface area contributed by atoms with Crippen LogP contribution in [0, 0.1) is 13.8 Å². The summed E-state index contributed by atoms with van der Waals surface area (Å²) >= 11 is 1.22. The van der Waals surface area contributed by atoms with Crippen LogP contribution in [0.5, 0.6) is 0 Å². The van der Waals surface area contributed by atoms with E-state index >= 15 is 0 Å². The molecule has 0 saturated carbocycles. The molecule has 1 aromatic carbocycles. The number of benzene rings is 1. The number of furan rings is 1. The molecule has 2 N–H and O–H groups in total. The van der Waals surface area contributed by atoms with Crippen molar-refractivity contribution in [3.05, 3.63) is 47.7 Å². The van der Waals surface area contributed by atoms with Crippen molar-refractivity contribution in [2.75, 3.05) is 10.0 Å². The molecule has 0 spiro atoms. The first-order valence-corrected chi connectivity index (χ1v) is 10.00. The molecule has 0 unspecified atom stereocenters. The number of carbonyl (C=O) groups excluding carboxylic acids is 1. The van der Waals surface area contributed by atoms with Crippen molar-refractivity contribution in [1.82, 2.24) is 4.98 Å². The molecule has 1 amide bonds. The summed E-state index contributed by atoms with van der Waals surface area (Å²) in [6.45, 7) is 4.97. The lowest BCUT2D eigenvalue weighted by atomic mass is 10.2. The molecule has 0 aliphatic carbocycles. The minimum atomic E-state index is -3.85. The van der Waals surface area contributed by atoms with Crippen LogP contribution in [0.25, 0.3) is 10.6 Å². The predicted octanol–water partition coefficient (Wildman–Crippen LogP) is 3.78. The Morgan fingerprint density at radius 2 is 1.88 bits per heavy atom. The third-order valence-electron chi connectivity index (χ3n) is 3.54. The smallest absolute Gasteiger partial charge is 0.295 e. The fourth-order valence-corrected chi connectivity index (χ4v) is 4.34. The van der Waals surface area contributed by atoms with Gasteiger partial charge in [0.25, 0.3) is 10.0 Å². The number of aryl methyl sites for hydroxylation is 2. The monoisotopic (exact) mass is 391 g/mol. The van der Waals surface area contributed by atoms with E-state index in [1.165, 1.54) is 24.3 Å². The van der Waals surface area contributed by atoms with Crippen molar-refractivity contribution < 1.29 is 17.6 Å². The molecule has 9 heteroatoms. The molecule has 0 fully saturated rings. The van der Waals surface area contributed by atoms with Gasteiger partial charge in [0.15, 0.2) is 5.13 Å². The molecule has 7 nitrogen and oxygen atoms in total. The summed E-state index contributed by atoms with van der Waals surface area (Å²) in [6.07, 6.45) is 0. The molecule has 136 valence electrons.